The quantitative estimate of drug-likeness (QED) is 0.836. The lowest BCUT2D eigenvalue weighted by molar-refractivity contribution is -0.117. The minimum absolute atomic E-state index is 0.0364. The van der Waals surface area contributed by atoms with E-state index in [1.807, 2.05) is 18.2 Å². The van der Waals surface area contributed by atoms with Gasteiger partial charge in [-0.2, -0.15) is 0 Å². The van der Waals surface area contributed by atoms with E-state index in [2.05, 4.69) is 5.32 Å². The number of hydrogen-bond donors (Lipinski definition) is 1. The molecule has 0 aliphatic carbocycles. The van der Waals surface area contributed by atoms with Crippen LogP contribution in [0.2, 0.25) is 0 Å². The van der Waals surface area contributed by atoms with E-state index in [0.29, 0.717) is 45.1 Å². The molecule has 1 aromatic carbocycles. The largest absolute Gasteiger partial charge is 0.497 e. The predicted octanol–water partition coefficient (Wildman–Crippen LogP) is 1.28. The Morgan fingerprint density at radius 3 is 2.57 bits per heavy atom. The zero-order valence-electron chi connectivity index (χ0n) is 16.2. The van der Waals surface area contributed by atoms with Crippen molar-refractivity contribution in [1.82, 2.24) is 15.1 Å². The lowest BCUT2D eigenvalue weighted by Gasteiger charge is -2.34. The standard InChI is InChI=1S/C19H26N4O5/c1-3-28-19(26)22-9-7-21(8-10-22)18(25)20-14-11-17(24)23(13-14)15-5-4-6-16(12-15)27-2/h4-6,12,14H,3,7-11,13H2,1-2H3,(H,20,25)/t14-/m1/s1. The van der Waals surface area contributed by atoms with Crippen molar-refractivity contribution in [2.45, 2.75) is 19.4 Å². The number of rotatable bonds is 4. The summed E-state index contributed by atoms with van der Waals surface area (Å²) < 4.78 is 10.2. The number of urea groups is 1. The molecule has 9 heteroatoms. The van der Waals surface area contributed by atoms with Crippen molar-refractivity contribution in [2.75, 3.05) is 51.3 Å². The monoisotopic (exact) mass is 390 g/mol. The third-order valence-electron chi connectivity index (χ3n) is 4.91. The van der Waals surface area contributed by atoms with Crippen LogP contribution in [0.3, 0.4) is 0 Å². The van der Waals surface area contributed by atoms with Crippen LogP contribution in [-0.2, 0) is 9.53 Å². The van der Waals surface area contributed by atoms with Gasteiger partial charge >= 0.3 is 12.1 Å². The molecule has 0 radical (unpaired) electrons. The summed E-state index contributed by atoms with van der Waals surface area (Å²) in [7, 11) is 1.58. The van der Waals surface area contributed by atoms with Crippen molar-refractivity contribution in [3.8, 4) is 5.75 Å². The summed E-state index contributed by atoms with van der Waals surface area (Å²) in [5.41, 5.74) is 0.754. The molecule has 1 aromatic rings. The number of carbonyl (C=O) groups excluding carboxylic acids is 3. The molecular formula is C19H26N4O5. The van der Waals surface area contributed by atoms with Crippen LogP contribution >= 0.6 is 0 Å². The number of hydrogen-bond acceptors (Lipinski definition) is 5. The fourth-order valence-electron chi connectivity index (χ4n) is 3.40. The number of nitrogens with zero attached hydrogens (tertiary/aromatic N) is 3. The topological polar surface area (TPSA) is 91.4 Å². The Balaban J connectivity index is 1.51. The van der Waals surface area contributed by atoms with Gasteiger partial charge in [-0.1, -0.05) is 6.07 Å². The van der Waals surface area contributed by atoms with Crippen LogP contribution in [0.25, 0.3) is 0 Å². The Morgan fingerprint density at radius 1 is 1.18 bits per heavy atom. The molecule has 2 fully saturated rings. The van der Waals surface area contributed by atoms with Crippen LogP contribution in [0.5, 0.6) is 5.75 Å². The second-order valence-electron chi connectivity index (χ2n) is 6.73. The van der Waals surface area contributed by atoms with E-state index >= 15 is 0 Å². The van der Waals surface area contributed by atoms with Crippen molar-refractivity contribution < 1.29 is 23.9 Å². The molecule has 9 nitrogen and oxygen atoms in total. The molecular weight excluding hydrogens is 364 g/mol. The second kappa shape index (κ2) is 8.81. The van der Waals surface area contributed by atoms with Crippen LogP contribution in [0.1, 0.15) is 13.3 Å². The highest BCUT2D eigenvalue weighted by Gasteiger charge is 2.33. The maximum Gasteiger partial charge on any atom is 0.409 e. The average molecular weight is 390 g/mol. The maximum absolute atomic E-state index is 12.5. The first-order valence-electron chi connectivity index (χ1n) is 9.43. The zero-order chi connectivity index (χ0) is 20.1. The molecule has 0 bridgehead atoms. The summed E-state index contributed by atoms with van der Waals surface area (Å²) in [6.07, 6.45) is -0.0935. The molecule has 3 rings (SSSR count). The molecule has 2 heterocycles. The van der Waals surface area contributed by atoms with Gasteiger partial charge in [0.25, 0.3) is 0 Å². The minimum atomic E-state index is -0.349. The number of carbonyl (C=O) groups is 3. The van der Waals surface area contributed by atoms with Crippen molar-refractivity contribution in [2.24, 2.45) is 0 Å². The van der Waals surface area contributed by atoms with E-state index in [0.717, 1.165) is 5.69 Å². The summed E-state index contributed by atoms with van der Waals surface area (Å²) in [5.74, 6) is 0.642. The summed E-state index contributed by atoms with van der Waals surface area (Å²) >= 11 is 0. The highest BCUT2D eigenvalue weighted by Crippen LogP contribution is 2.25. The first-order chi connectivity index (χ1) is 13.5. The molecule has 0 unspecified atom stereocenters. The fraction of sp³-hybridized carbons (Fsp3) is 0.526. The number of ether oxygens (including phenoxy) is 2. The summed E-state index contributed by atoms with van der Waals surface area (Å²) in [6.45, 7) is 4.26. The average Bonchev–Trinajstić information content (AvgIpc) is 3.08. The molecule has 1 atom stereocenters. The first kappa shape index (κ1) is 19.8. The molecule has 152 valence electrons. The fourth-order valence-corrected chi connectivity index (χ4v) is 3.40. The molecule has 2 aliphatic rings. The second-order valence-corrected chi connectivity index (χ2v) is 6.73. The molecule has 0 aromatic heterocycles. The van der Waals surface area contributed by atoms with Gasteiger partial charge in [-0.15, -0.1) is 0 Å². The number of piperazine rings is 1. The third-order valence-corrected chi connectivity index (χ3v) is 4.91. The lowest BCUT2D eigenvalue weighted by atomic mass is 10.2. The smallest absolute Gasteiger partial charge is 0.409 e. The number of amides is 4. The minimum Gasteiger partial charge on any atom is -0.497 e. The summed E-state index contributed by atoms with van der Waals surface area (Å²) in [4.78, 5) is 41.6. The van der Waals surface area contributed by atoms with Crippen molar-refractivity contribution >= 4 is 23.7 Å². The Kier molecular flexibility index (Phi) is 6.23. The number of anilines is 1. The van der Waals surface area contributed by atoms with Gasteiger partial charge in [0, 0.05) is 50.9 Å². The van der Waals surface area contributed by atoms with E-state index in [4.69, 9.17) is 9.47 Å². The van der Waals surface area contributed by atoms with E-state index in [9.17, 15) is 14.4 Å². The van der Waals surface area contributed by atoms with Gasteiger partial charge < -0.3 is 29.5 Å². The van der Waals surface area contributed by atoms with E-state index in [1.54, 1.807) is 34.8 Å². The first-order valence-corrected chi connectivity index (χ1v) is 9.43. The van der Waals surface area contributed by atoms with Gasteiger partial charge in [0.2, 0.25) is 5.91 Å². The van der Waals surface area contributed by atoms with E-state index in [1.165, 1.54) is 0 Å². The lowest BCUT2D eigenvalue weighted by Crippen LogP contribution is -2.54. The summed E-state index contributed by atoms with van der Waals surface area (Å²) in [6, 6.07) is 6.83. The maximum atomic E-state index is 12.5. The molecule has 2 aliphatic heterocycles. The number of methoxy groups -OCH3 is 1. The Labute approximate surface area is 164 Å². The van der Waals surface area contributed by atoms with Crippen LogP contribution in [-0.4, -0.2) is 80.3 Å². The molecule has 0 spiro atoms. The van der Waals surface area contributed by atoms with Crippen molar-refractivity contribution in [1.29, 1.82) is 0 Å². The third kappa shape index (κ3) is 4.47. The highest BCUT2D eigenvalue weighted by molar-refractivity contribution is 5.97. The Bertz CT molecular complexity index is 733. The predicted molar refractivity (Wildman–Crippen MR) is 102 cm³/mol. The molecule has 2 saturated heterocycles. The highest BCUT2D eigenvalue weighted by atomic mass is 16.6. The van der Waals surface area contributed by atoms with Gasteiger partial charge in [-0.05, 0) is 19.1 Å². The van der Waals surface area contributed by atoms with Gasteiger partial charge in [-0.3, -0.25) is 4.79 Å². The van der Waals surface area contributed by atoms with Gasteiger partial charge in [-0.25, -0.2) is 9.59 Å². The van der Waals surface area contributed by atoms with Gasteiger partial charge in [0.05, 0.1) is 19.8 Å². The number of benzene rings is 1. The molecule has 1 N–H and O–H groups in total. The normalized spacial score (nSPS) is 19.6. The van der Waals surface area contributed by atoms with Crippen LogP contribution in [0.4, 0.5) is 15.3 Å². The van der Waals surface area contributed by atoms with Gasteiger partial charge in [0.1, 0.15) is 5.75 Å². The Morgan fingerprint density at radius 2 is 1.89 bits per heavy atom. The van der Waals surface area contributed by atoms with Crippen molar-refractivity contribution in [3.63, 3.8) is 0 Å². The van der Waals surface area contributed by atoms with Crippen LogP contribution in [0, 0.1) is 0 Å². The van der Waals surface area contributed by atoms with E-state index in [-0.39, 0.29) is 30.5 Å². The number of nitrogens with one attached hydrogen (secondary N) is 1. The van der Waals surface area contributed by atoms with Gasteiger partial charge in [0.15, 0.2) is 0 Å². The van der Waals surface area contributed by atoms with Crippen LogP contribution < -0.4 is 15.0 Å². The molecule has 0 saturated carbocycles. The Hall–Kier alpha value is -2.97. The van der Waals surface area contributed by atoms with Crippen LogP contribution in [0.15, 0.2) is 24.3 Å². The molecule has 28 heavy (non-hydrogen) atoms. The zero-order valence-corrected chi connectivity index (χ0v) is 16.2. The SMILES string of the molecule is CCOC(=O)N1CCN(C(=O)N[C@@H]2CC(=O)N(c3cccc(OC)c3)C2)CC1. The summed E-state index contributed by atoms with van der Waals surface area (Å²) in [5, 5.41) is 2.94. The molecule has 4 amide bonds. The van der Waals surface area contributed by atoms with E-state index < -0.39 is 0 Å². The van der Waals surface area contributed by atoms with Crippen molar-refractivity contribution in [3.05, 3.63) is 24.3 Å².